The molecule has 2 atom stereocenters. The van der Waals surface area contributed by atoms with E-state index in [9.17, 15) is 9.59 Å². The fraction of sp³-hybridized carbons (Fsp3) is 0.882. The Balaban J connectivity index is 2.10. The molecule has 0 aromatic carbocycles. The van der Waals surface area contributed by atoms with Crippen molar-refractivity contribution >= 4 is 11.8 Å². The lowest BCUT2D eigenvalue weighted by Crippen LogP contribution is -2.57. The van der Waals surface area contributed by atoms with Crippen LogP contribution in [0.3, 0.4) is 0 Å². The van der Waals surface area contributed by atoms with Gasteiger partial charge in [0.1, 0.15) is 5.54 Å². The Bertz CT molecular complexity index is 390. The van der Waals surface area contributed by atoms with Crippen molar-refractivity contribution in [3.63, 3.8) is 0 Å². The molecule has 0 aromatic rings. The van der Waals surface area contributed by atoms with Crippen LogP contribution < -0.4 is 5.32 Å². The lowest BCUT2D eigenvalue weighted by atomic mass is 9.82. The van der Waals surface area contributed by atoms with Crippen LogP contribution in [0, 0.1) is 11.8 Å². The van der Waals surface area contributed by atoms with Gasteiger partial charge in [0, 0.05) is 19.5 Å². The molecule has 0 radical (unpaired) electrons. The van der Waals surface area contributed by atoms with Crippen molar-refractivity contribution in [2.24, 2.45) is 11.8 Å². The maximum absolute atomic E-state index is 12.9. The predicted molar refractivity (Wildman–Crippen MR) is 83.8 cm³/mol. The van der Waals surface area contributed by atoms with Gasteiger partial charge in [-0.1, -0.05) is 33.6 Å². The van der Waals surface area contributed by atoms with Gasteiger partial charge < -0.3 is 10.2 Å². The number of nitrogens with one attached hydrogen (secondary N) is 1. The minimum atomic E-state index is -0.673. The highest BCUT2D eigenvalue weighted by molar-refractivity contribution is 5.93. The summed E-state index contributed by atoms with van der Waals surface area (Å²) >= 11 is 0. The third-order valence-electron chi connectivity index (χ3n) is 5.41. The molecule has 0 spiro atoms. The summed E-state index contributed by atoms with van der Waals surface area (Å²) in [6, 6.07) is 0. The van der Waals surface area contributed by atoms with Crippen LogP contribution in [0.5, 0.6) is 0 Å². The van der Waals surface area contributed by atoms with E-state index in [2.05, 4.69) is 12.2 Å². The van der Waals surface area contributed by atoms with Crippen LogP contribution in [-0.2, 0) is 9.59 Å². The predicted octanol–water partition coefficient (Wildman–Crippen LogP) is 2.72. The van der Waals surface area contributed by atoms with Crippen molar-refractivity contribution in [2.45, 2.75) is 71.3 Å². The van der Waals surface area contributed by atoms with E-state index in [1.807, 2.05) is 18.7 Å². The molecule has 4 heteroatoms. The van der Waals surface area contributed by atoms with Crippen LogP contribution in [0.4, 0.5) is 0 Å². The molecular formula is C17H30N2O2. The third-order valence-corrected chi connectivity index (χ3v) is 5.41. The topological polar surface area (TPSA) is 49.4 Å². The number of carbonyl (C=O) groups is 2. The molecule has 2 unspecified atom stereocenters. The maximum Gasteiger partial charge on any atom is 0.248 e. The van der Waals surface area contributed by atoms with Crippen molar-refractivity contribution in [3.05, 3.63) is 0 Å². The lowest BCUT2D eigenvalue weighted by molar-refractivity contribution is -0.140. The van der Waals surface area contributed by atoms with Gasteiger partial charge >= 0.3 is 0 Å². The average molecular weight is 294 g/mol. The summed E-state index contributed by atoms with van der Waals surface area (Å²) in [4.78, 5) is 26.9. The van der Waals surface area contributed by atoms with Crippen molar-refractivity contribution in [1.29, 1.82) is 0 Å². The molecule has 4 nitrogen and oxygen atoms in total. The van der Waals surface area contributed by atoms with E-state index in [1.165, 1.54) is 25.7 Å². The lowest BCUT2D eigenvalue weighted by Gasteiger charge is -2.36. The molecule has 21 heavy (non-hydrogen) atoms. The second-order valence-electron chi connectivity index (χ2n) is 6.98. The largest absolute Gasteiger partial charge is 0.342 e. The first-order chi connectivity index (χ1) is 10.0. The molecule has 1 N–H and O–H groups in total. The number of hydrogen-bond donors (Lipinski definition) is 1. The molecule has 1 heterocycles. The summed E-state index contributed by atoms with van der Waals surface area (Å²) in [5, 5.41) is 2.99. The van der Waals surface area contributed by atoms with Gasteiger partial charge in [0.05, 0.1) is 0 Å². The Kier molecular flexibility index (Phi) is 5.28. The van der Waals surface area contributed by atoms with Crippen molar-refractivity contribution in [2.75, 3.05) is 13.1 Å². The van der Waals surface area contributed by atoms with Gasteiger partial charge in [-0.25, -0.2) is 0 Å². The van der Waals surface area contributed by atoms with Crippen molar-refractivity contribution in [3.8, 4) is 0 Å². The molecule has 120 valence electrons. The highest BCUT2D eigenvalue weighted by atomic mass is 16.2. The van der Waals surface area contributed by atoms with Gasteiger partial charge in [-0.2, -0.15) is 0 Å². The highest BCUT2D eigenvalue weighted by Gasteiger charge is 2.42. The first kappa shape index (κ1) is 16.3. The fourth-order valence-electron chi connectivity index (χ4n) is 3.96. The average Bonchev–Trinajstić information content (AvgIpc) is 2.59. The highest BCUT2D eigenvalue weighted by Crippen LogP contribution is 2.30. The second kappa shape index (κ2) is 6.80. The summed E-state index contributed by atoms with van der Waals surface area (Å²) in [5.74, 6) is 1.54. The Hall–Kier alpha value is -1.06. The SMILES string of the molecule is CCC1(CC)NC(=O)CCN(CC2CCCC(C)C2)C1=O. The van der Waals surface area contributed by atoms with E-state index >= 15 is 0 Å². The Labute approximate surface area is 128 Å². The third kappa shape index (κ3) is 3.58. The summed E-state index contributed by atoms with van der Waals surface area (Å²) < 4.78 is 0. The first-order valence-corrected chi connectivity index (χ1v) is 8.61. The van der Waals surface area contributed by atoms with Gasteiger partial charge in [-0.3, -0.25) is 9.59 Å². The molecule has 2 aliphatic rings. The van der Waals surface area contributed by atoms with Crippen LogP contribution in [-0.4, -0.2) is 35.3 Å². The first-order valence-electron chi connectivity index (χ1n) is 8.61. The van der Waals surface area contributed by atoms with Crippen LogP contribution in [0.2, 0.25) is 0 Å². The molecule has 2 amide bonds. The van der Waals surface area contributed by atoms with Crippen LogP contribution in [0.25, 0.3) is 0 Å². The molecule has 2 rings (SSSR count). The smallest absolute Gasteiger partial charge is 0.248 e. The fourth-order valence-corrected chi connectivity index (χ4v) is 3.96. The molecule has 1 aliphatic carbocycles. The Morgan fingerprint density at radius 2 is 1.95 bits per heavy atom. The van der Waals surface area contributed by atoms with Gasteiger partial charge in [0.15, 0.2) is 0 Å². The zero-order chi connectivity index (χ0) is 15.5. The summed E-state index contributed by atoms with van der Waals surface area (Å²) in [6.45, 7) is 7.71. The normalized spacial score (nSPS) is 30.0. The quantitative estimate of drug-likeness (QED) is 0.866. The van der Waals surface area contributed by atoms with Gasteiger partial charge in [0.25, 0.3) is 0 Å². The molecule has 0 aromatic heterocycles. The van der Waals surface area contributed by atoms with Gasteiger partial charge in [0.2, 0.25) is 11.8 Å². The van der Waals surface area contributed by atoms with E-state index in [1.54, 1.807) is 0 Å². The summed E-state index contributed by atoms with van der Waals surface area (Å²) in [7, 11) is 0. The number of carbonyl (C=O) groups excluding carboxylic acids is 2. The van der Waals surface area contributed by atoms with Crippen LogP contribution in [0.15, 0.2) is 0 Å². The molecular weight excluding hydrogens is 264 g/mol. The van der Waals surface area contributed by atoms with E-state index in [0.717, 1.165) is 12.5 Å². The van der Waals surface area contributed by atoms with E-state index < -0.39 is 5.54 Å². The number of nitrogens with zero attached hydrogens (tertiary/aromatic N) is 1. The zero-order valence-electron chi connectivity index (χ0n) is 13.8. The van der Waals surface area contributed by atoms with Crippen LogP contribution in [0.1, 0.15) is 65.7 Å². The number of amides is 2. The zero-order valence-corrected chi connectivity index (χ0v) is 13.8. The Morgan fingerprint density at radius 1 is 1.24 bits per heavy atom. The molecule has 0 bridgehead atoms. The Morgan fingerprint density at radius 3 is 2.57 bits per heavy atom. The van der Waals surface area contributed by atoms with E-state index in [0.29, 0.717) is 31.7 Å². The van der Waals surface area contributed by atoms with E-state index in [4.69, 9.17) is 0 Å². The van der Waals surface area contributed by atoms with Crippen molar-refractivity contribution < 1.29 is 9.59 Å². The van der Waals surface area contributed by atoms with E-state index in [-0.39, 0.29) is 11.8 Å². The minimum absolute atomic E-state index is 0.0200. The number of hydrogen-bond acceptors (Lipinski definition) is 2. The van der Waals surface area contributed by atoms with Crippen LogP contribution >= 0.6 is 0 Å². The standard InChI is InChI=1S/C17H30N2O2/c1-4-17(5-2)16(21)19(10-9-15(20)18-17)12-14-8-6-7-13(3)11-14/h13-14H,4-12H2,1-3H3,(H,18,20). The molecule has 1 saturated carbocycles. The summed E-state index contributed by atoms with van der Waals surface area (Å²) in [5.41, 5.74) is -0.673. The van der Waals surface area contributed by atoms with Gasteiger partial charge in [-0.05, 0) is 37.5 Å². The maximum atomic E-state index is 12.9. The molecule has 2 fully saturated rings. The molecule has 1 saturated heterocycles. The molecule has 1 aliphatic heterocycles. The monoisotopic (exact) mass is 294 g/mol. The minimum Gasteiger partial charge on any atom is -0.342 e. The van der Waals surface area contributed by atoms with Gasteiger partial charge in [-0.15, -0.1) is 0 Å². The second-order valence-corrected chi connectivity index (χ2v) is 6.98. The number of rotatable bonds is 4. The summed E-state index contributed by atoms with van der Waals surface area (Å²) in [6.07, 6.45) is 6.82. The van der Waals surface area contributed by atoms with Crippen molar-refractivity contribution in [1.82, 2.24) is 10.2 Å².